The maximum absolute atomic E-state index is 10.6. The summed E-state index contributed by atoms with van der Waals surface area (Å²) in [6, 6.07) is -1.01. The van der Waals surface area contributed by atoms with E-state index in [9.17, 15) is 14.4 Å². The van der Waals surface area contributed by atoms with Gasteiger partial charge in [0, 0.05) is 0 Å². The predicted octanol–water partition coefficient (Wildman–Crippen LogP) is -5.15. The average Bonchev–Trinajstić information content (AvgIpc) is 2.04. The van der Waals surface area contributed by atoms with Gasteiger partial charge in [0.1, 0.15) is 7.05 Å². The van der Waals surface area contributed by atoms with E-state index in [1.54, 1.807) is 0 Å². The van der Waals surface area contributed by atoms with Crippen LogP contribution >= 0.6 is 0 Å². The van der Waals surface area contributed by atoms with Crippen LogP contribution in [0.4, 0.5) is 0 Å². The largest absolute Gasteiger partial charge is 1.00 e. The molecule has 0 aromatic carbocycles. The molecule has 12 heavy (non-hydrogen) atoms. The van der Waals surface area contributed by atoms with Gasteiger partial charge in [-0.2, -0.15) is 4.79 Å². The van der Waals surface area contributed by atoms with Crippen molar-refractivity contribution in [3.05, 3.63) is 0 Å². The minimum atomic E-state index is -1.35. The molecule has 5 nitrogen and oxygen atoms in total. The molecule has 0 aromatic rings. The molecule has 1 rings (SSSR count). The van der Waals surface area contributed by atoms with Gasteiger partial charge < -0.3 is 17.5 Å². The first-order chi connectivity index (χ1) is 5.09. The summed E-state index contributed by atoms with van der Waals surface area (Å²) in [5, 5.41) is 8.86. The Kier molecular flexibility index (Phi) is 3.27. The molecule has 0 spiro atoms. The lowest BCUT2D eigenvalue weighted by Gasteiger charge is -2.21. The first-order valence-electron chi connectivity index (χ1n) is 2.96. The van der Waals surface area contributed by atoms with Crippen LogP contribution in [0.1, 0.15) is 0 Å². The molecule has 6 heteroatoms. The Bertz CT molecular complexity index is 281. The summed E-state index contributed by atoms with van der Waals surface area (Å²) in [6.07, 6.45) is 0.0457. The minimum Gasteiger partial charge on any atom is -1.00 e. The van der Waals surface area contributed by atoms with Gasteiger partial charge in [-0.05, 0) is 0 Å². The third-order valence-electron chi connectivity index (χ3n) is 1.64. The Labute approximate surface area is 74.1 Å². The summed E-state index contributed by atoms with van der Waals surface area (Å²) in [7, 11) is 1.28. The topological polar surface area (TPSA) is 74.5 Å². The zero-order valence-electron chi connectivity index (χ0n) is 6.15. The fourth-order valence-electron chi connectivity index (χ4n) is 0.927. The normalized spacial score (nSPS) is 26.8. The van der Waals surface area contributed by atoms with Gasteiger partial charge in [-0.15, -0.1) is 4.58 Å². The van der Waals surface area contributed by atoms with Crippen molar-refractivity contribution in [1.29, 1.82) is 0 Å². The van der Waals surface area contributed by atoms with E-state index in [0.29, 0.717) is 0 Å². The van der Waals surface area contributed by atoms with Crippen molar-refractivity contribution in [2.24, 2.45) is 0 Å². The quantitative estimate of drug-likeness (QED) is 0.195. The van der Waals surface area contributed by atoms with Crippen LogP contribution in [0.3, 0.4) is 0 Å². The van der Waals surface area contributed by atoms with Crippen molar-refractivity contribution in [3.8, 4) is 0 Å². The molecule has 1 fully saturated rings. The van der Waals surface area contributed by atoms with E-state index < -0.39 is 23.7 Å². The number of hydrogen-bond acceptors (Lipinski definition) is 4. The van der Waals surface area contributed by atoms with E-state index in [0.717, 1.165) is 4.58 Å². The van der Waals surface area contributed by atoms with Gasteiger partial charge in [-0.3, -0.25) is 9.59 Å². The first-order valence-corrected chi connectivity index (χ1v) is 2.96. The molecule has 1 aliphatic carbocycles. The predicted molar refractivity (Wildman–Crippen MR) is 31.7 cm³/mol. The van der Waals surface area contributed by atoms with Gasteiger partial charge in [0.25, 0.3) is 11.8 Å². The fraction of sp³-hybridized carbons (Fsp3) is 0.500. The van der Waals surface area contributed by atoms with Gasteiger partial charge in [0.05, 0.1) is 0 Å². The second kappa shape index (κ2) is 3.58. The lowest BCUT2D eigenvalue weighted by atomic mass is 9.85. The number of aliphatic hydroxyl groups excluding tert-OH is 1. The number of likely N-dealkylation sites (N-methyl/N-ethyl adjacent to an activating group) is 1. The van der Waals surface area contributed by atoms with Crippen LogP contribution in [-0.2, 0) is 14.4 Å². The molecule has 0 amide bonds. The Morgan fingerprint density at radius 3 is 2.25 bits per heavy atom. The maximum atomic E-state index is 10.6. The highest BCUT2D eigenvalue weighted by molar-refractivity contribution is 6.48. The molecule has 2 atom stereocenters. The first kappa shape index (κ1) is 11.0. The summed E-state index contributed by atoms with van der Waals surface area (Å²) in [4.78, 5) is 31.0. The highest BCUT2D eigenvalue weighted by Gasteiger charge is 2.55. The van der Waals surface area contributed by atoms with E-state index in [1.165, 1.54) is 13.1 Å². The van der Waals surface area contributed by atoms with E-state index in [-0.39, 0.29) is 12.4 Å². The lowest BCUT2D eigenvalue weighted by molar-refractivity contribution is -0.532. The molecule has 1 saturated carbocycles. The van der Waals surface area contributed by atoms with Gasteiger partial charge in [-0.25, -0.2) is 0 Å². The summed E-state index contributed by atoms with van der Waals surface area (Å²) < 4.78 is 0.856. The Morgan fingerprint density at radius 2 is 1.92 bits per heavy atom. The number of carbonyl (C=O) groups is 2. The summed E-state index contributed by atoms with van der Waals surface area (Å²) in [5.41, 5.74) is 0. The van der Waals surface area contributed by atoms with Crippen molar-refractivity contribution < 1.29 is 36.5 Å². The van der Waals surface area contributed by atoms with Crippen molar-refractivity contribution in [2.75, 3.05) is 7.05 Å². The molecule has 0 heterocycles. The number of halogens is 1. The highest BCUT2D eigenvalue weighted by Crippen LogP contribution is 2.13. The molecule has 0 radical (unpaired) electrons. The van der Waals surface area contributed by atoms with Gasteiger partial charge >= 0.3 is 6.08 Å². The van der Waals surface area contributed by atoms with Crippen molar-refractivity contribution in [2.45, 2.75) is 12.1 Å². The van der Waals surface area contributed by atoms with Crippen LogP contribution in [-0.4, -0.2) is 46.5 Å². The van der Waals surface area contributed by atoms with Crippen molar-refractivity contribution >= 4 is 17.6 Å². The van der Waals surface area contributed by atoms with Crippen LogP contribution in [0.25, 0.3) is 0 Å². The number of Topliss-reactive ketones (excluding diaryl/α,β-unsaturated/α-hetero) is 2. The number of hydrogen-bond donors (Lipinski definition) is 1. The molecular weight excluding hydrogens is 186 g/mol. The zero-order valence-corrected chi connectivity index (χ0v) is 6.91. The zero-order chi connectivity index (χ0) is 8.59. The van der Waals surface area contributed by atoms with E-state index >= 15 is 0 Å². The van der Waals surface area contributed by atoms with Crippen LogP contribution in [0.15, 0.2) is 0 Å². The number of rotatable bonds is 1. The van der Waals surface area contributed by atoms with E-state index in [2.05, 4.69) is 0 Å². The number of aliphatic hydroxyl groups is 1. The third-order valence-corrected chi connectivity index (χ3v) is 1.64. The molecule has 1 N–H and O–H groups in total. The number of ketones is 2. The third kappa shape index (κ3) is 1.30. The van der Waals surface area contributed by atoms with Crippen molar-refractivity contribution in [1.82, 2.24) is 0 Å². The monoisotopic (exact) mass is 191 g/mol. The maximum Gasteiger partial charge on any atom is 0.424 e. The van der Waals surface area contributed by atoms with E-state index in [1.807, 2.05) is 0 Å². The molecule has 2 unspecified atom stereocenters. The lowest BCUT2D eigenvalue weighted by Crippen LogP contribution is -3.00. The summed E-state index contributed by atoms with van der Waals surface area (Å²) in [5.74, 6) is -1.57. The number of isocyanates is 1. The Balaban J connectivity index is 0.00000121. The average molecular weight is 192 g/mol. The minimum absolute atomic E-state index is 0. The fourth-order valence-corrected chi connectivity index (χ4v) is 0.927. The number of carbonyl (C=O) groups excluding carboxylic acids is 3. The number of nitrogens with zero attached hydrogens (tertiary/aromatic N) is 1. The second-order valence-corrected chi connectivity index (χ2v) is 2.32. The Hall–Kier alpha value is -1.03. The molecule has 0 saturated heterocycles. The molecular formula is C6H6ClNO4. The van der Waals surface area contributed by atoms with Gasteiger partial charge in [0.15, 0.2) is 6.10 Å². The van der Waals surface area contributed by atoms with Crippen LogP contribution < -0.4 is 12.4 Å². The summed E-state index contributed by atoms with van der Waals surface area (Å²) in [6.45, 7) is 0. The molecule has 0 bridgehead atoms. The van der Waals surface area contributed by atoms with Gasteiger partial charge in [0.2, 0.25) is 5.78 Å². The molecule has 0 aliphatic heterocycles. The van der Waals surface area contributed by atoms with Crippen molar-refractivity contribution in [3.63, 3.8) is 0 Å². The standard InChI is InChI=1S/C6H6NO4.ClH/c1-7(2-8)3-4(9)6(11)5(3)10;/h3-4,9H,1H3;1H/q+1;/p-1. The summed E-state index contributed by atoms with van der Waals surface area (Å²) >= 11 is 0. The van der Waals surface area contributed by atoms with Crippen LogP contribution in [0.2, 0.25) is 0 Å². The Morgan fingerprint density at radius 1 is 1.42 bits per heavy atom. The molecule has 0 aromatic heterocycles. The molecule has 66 valence electrons. The molecule has 1 aliphatic rings. The smallest absolute Gasteiger partial charge is 0.424 e. The van der Waals surface area contributed by atoms with Crippen LogP contribution in [0.5, 0.6) is 0 Å². The van der Waals surface area contributed by atoms with Crippen LogP contribution in [0, 0.1) is 0 Å². The van der Waals surface area contributed by atoms with Gasteiger partial charge in [-0.1, -0.05) is 0 Å². The SMILES string of the molecule is C[N+](=C=O)C1C(=O)C(=O)C1O.[Cl-]. The highest BCUT2D eigenvalue weighted by atomic mass is 35.5. The second-order valence-electron chi connectivity index (χ2n) is 2.32. The van der Waals surface area contributed by atoms with E-state index in [4.69, 9.17) is 5.11 Å².